The molecule has 0 spiro atoms. The van der Waals surface area contributed by atoms with E-state index in [1.165, 1.54) is 0 Å². The van der Waals surface area contributed by atoms with Crippen LogP contribution in [0.4, 0.5) is 28.8 Å². The summed E-state index contributed by atoms with van der Waals surface area (Å²) in [6.07, 6.45) is 4.93. The Balaban J connectivity index is 1.27. The van der Waals surface area contributed by atoms with E-state index in [-0.39, 0.29) is 6.10 Å². The Kier molecular flexibility index (Phi) is 5.88. The number of rotatable bonds is 6. The standard InChI is InChI=1S/C27H26N8O/c36-22-10-5-13-35(16-22)23-12-11-18(15-28-23)24-25-26(30-17-29-25)34-27(33-24)32-21-9-4-8-20(14-21)31-19-6-2-1-3-7-19/h1-4,6-9,11-12,14-15,17,22,31,36H,5,10,13,16H2,(H2,29,30,32,33,34). The molecule has 5 aromatic rings. The van der Waals surface area contributed by atoms with Crippen LogP contribution in [0.15, 0.2) is 79.3 Å². The second-order valence-corrected chi connectivity index (χ2v) is 8.84. The molecule has 180 valence electrons. The minimum absolute atomic E-state index is 0.304. The first kappa shape index (κ1) is 22.0. The van der Waals surface area contributed by atoms with Gasteiger partial charge in [-0.05, 0) is 55.3 Å². The van der Waals surface area contributed by atoms with Crippen LogP contribution in [0.1, 0.15) is 12.8 Å². The third-order valence-electron chi connectivity index (χ3n) is 6.21. The number of pyridine rings is 1. The van der Waals surface area contributed by atoms with Crippen molar-refractivity contribution in [3.63, 3.8) is 0 Å². The third-order valence-corrected chi connectivity index (χ3v) is 6.21. The topological polar surface area (TPSA) is 115 Å². The molecule has 1 fully saturated rings. The number of fused-ring (bicyclic) bond motifs is 1. The number of piperidine rings is 1. The zero-order chi connectivity index (χ0) is 24.3. The molecule has 3 aromatic heterocycles. The van der Waals surface area contributed by atoms with Gasteiger partial charge in [0, 0.05) is 41.9 Å². The highest BCUT2D eigenvalue weighted by molar-refractivity contribution is 5.88. The molecule has 0 aliphatic carbocycles. The monoisotopic (exact) mass is 478 g/mol. The summed E-state index contributed by atoms with van der Waals surface area (Å²) >= 11 is 0. The first-order chi connectivity index (χ1) is 17.7. The minimum Gasteiger partial charge on any atom is -0.391 e. The van der Waals surface area contributed by atoms with E-state index in [0.717, 1.165) is 59.0 Å². The first-order valence-corrected chi connectivity index (χ1v) is 12.0. The van der Waals surface area contributed by atoms with Crippen molar-refractivity contribution in [1.29, 1.82) is 0 Å². The van der Waals surface area contributed by atoms with Crippen LogP contribution in [0.5, 0.6) is 0 Å². The van der Waals surface area contributed by atoms with E-state index in [9.17, 15) is 5.11 Å². The lowest BCUT2D eigenvalue weighted by molar-refractivity contribution is 0.154. The third kappa shape index (κ3) is 4.69. The molecule has 9 nitrogen and oxygen atoms in total. The first-order valence-electron chi connectivity index (χ1n) is 12.0. The van der Waals surface area contributed by atoms with E-state index in [1.807, 2.05) is 72.9 Å². The summed E-state index contributed by atoms with van der Waals surface area (Å²) in [5.41, 5.74) is 5.73. The predicted octanol–water partition coefficient (Wildman–Crippen LogP) is 4.86. The fourth-order valence-electron chi connectivity index (χ4n) is 4.47. The number of hydrogen-bond donors (Lipinski definition) is 4. The van der Waals surface area contributed by atoms with Gasteiger partial charge in [-0.3, -0.25) is 0 Å². The van der Waals surface area contributed by atoms with E-state index < -0.39 is 0 Å². The van der Waals surface area contributed by atoms with Crippen LogP contribution in [-0.2, 0) is 0 Å². The number of aliphatic hydroxyl groups excluding tert-OH is 1. The molecule has 4 N–H and O–H groups in total. The average Bonchev–Trinajstić information content (AvgIpc) is 3.38. The number of β-amino-alcohol motifs (C(OH)–C–C–N with tert-alkyl or cyclic N) is 1. The molecule has 0 radical (unpaired) electrons. The maximum atomic E-state index is 10.0. The van der Waals surface area contributed by atoms with Crippen LogP contribution in [0.3, 0.4) is 0 Å². The van der Waals surface area contributed by atoms with Gasteiger partial charge in [0.15, 0.2) is 5.65 Å². The van der Waals surface area contributed by atoms with E-state index in [0.29, 0.717) is 18.1 Å². The molecule has 9 heteroatoms. The number of nitrogens with zero attached hydrogens (tertiary/aromatic N) is 5. The van der Waals surface area contributed by atoms with Gasteiger partial charge in [0.1, 0.15) is 17.0 Å². The molecule has 6 rings (SSSR count). The number of anilines is 5. The average molecular weight is 479 g/mol. The van der Waals surface area contributed by atoms with Gasteiger partial charge in [-0.15, -0.1) is 0 Å². The van der Waals surface area contributed by atoms with Crippen molar-refractivity contribution in [2.45, 2.75) is 18.9 Å². The smallest absolute Gasteiger partial charge is 0.229 e. The van der Waals surface area contributed by atoms with Crippen LogP contribution >= 0.6 is 0 Å². The Morgan fingerprint density at radius 3 is 2.53 bits per heavy atom. The highest BCUT2D eigenvalue weighted by Gasteiger charge is 2.19. The van der Waals surface area contributed by atoms with Gasteiger partial charge in [0.05, 0.1) is 12.4 Å². The SMILES string of the molecule is OC1CCCN(c2ccc(-c3nc(Nc4cccc(Nc5ccccc5)c4)nc4nc[nH]c34)cn2)C1. The van der Waals surface area contributed by atoms with E-state index in [2.05, 4.69) is 35.5 Å². The van der Waals surface area contributed by atoms with E-state index in [4.69, 9.17) is 4.98 Å². The predicted molar refractivity (Wildman–Crippen MR) is 142 cm³/mol. The number of imidazole rings is 1. The molecule has 0 bridgehead atoms. The number of para-hydroxylation sites is 1. The summed E-state index contributed by atoms with van der Waals surface area (Å²) < 4.78 is 0. The van der Waals surface area contributed by atoms with Gasteiger partial charge in [-0.2, -0.15) is 4.98 Å². The molecule has 2 aromatic carbocycles. The highest BCUT2D eigenvalue weighted by Crippen LogP contribution is 2.28. The molecule has 0 amide bonds. The van der Waals surface area contributed by atoms with Crippen LogP contribution in [0.25, 0.3) is 22.4 Å². The Hall–Kier alpha value is -4.50. The molecule has 1 aliphatic rings. The molecule has 4 heterocycles. The van der Waals surface area contributed by atoms with Gasteiger partial charge in [0.25, 0.3) is 0 Å². The molecule has 1 unspecified atom stereocenters. The lowest BCUT2D eigenvalue weighted by Crippen LogP contribution is -2.38. The second-order valence-electron chi connectivity index (χ2n) is 8.84. The Morgan fingerprint density at radius 2 is 1.72 bits per heavy atom. The highest BCUT2D eigenvalue weighted by atomic mass is 16.3. The van der Waals surface area contributed by atoms with Crippen molar-refractivity contribution in [3.8, 4) is 11.3 Å². The quantitative estimate of drug-likeness (QED) is 0.273. The molecular weight excluding hydrogens is 452 g/mol. The number of aromatic nitrogens is 5. The van der Waals surface area contributed by atoms with Crippen molar-refractivity contribution in [3.05, 3.63) is 79.3 Å². The maximum absolute atomic E-state index is 10.0. The Morgan fingerprint density at radius 1 is 0.889 bits per heavy atom. The normalized spacial score (nSPS) is 15.7. The molecule has 1 saturated heterocycles. The zero-order valence-corrected chi connectivity index (χ0v) is 19.6. The number of aromatic amines is 1. The molecule has 1 aliphatic heterocycles. The van der Waals surface area contributed by atoms with Crippen molar-refractivity contribution in [2.24, 2.45) is 0 Å². The summed E-state index contributed by atoms with van der Waals surface area (Å²) in [6.45, 7) is 1.50. The van der Waals surface area contributed by atoms with Crippen LogP contribution in [0, 0.1) is 0 Å². The molecule has 0 saturated carbocycles. The largest absolute Gasteiger partial charge is 0.391 e. The fraction of sp³-hybridized carbons (Fsp3) is 0.185. The lowest BCUT2D eigenvalue weighted by Gasteiger charge is -2.31. The number of hydrogen-bond acceptors (Lipinski definition) is 8. The fourth-order valence-corrected chi connectivity index (χ4v) is 4.47. The molecule has 1 atom stereocenters. The Bertz CT molecular complexity index is 1470. The number of H-pyrrole nitrogens is 1. The van der Waals surface area contributed by atoms with Crippen molar-refractivity contribution in [2.75, 3.05) is 28.6 Å². The van der Waals surface area contributed by atoms with Crippen molar-refractivity contribution < 1.29 is 5.11 Å². The van der Waals surface area contributed by atoms with Gasteiger partial charge >= 0.3 is 0 Å². The maximum Gasteiger partial charge on any atom is 0.229 e. The van der Waals surface area contributed by atoms with Crippen LogP contribution < -0.4 is 15.5 Å². The van der Waals surface area contributed by atoms with Gasteiger partial charge in [-0.25, -0.2) is 15.0 Å². The van der Waals surface area contributed by atoms with Crippen LogP contribution in [0.2, 0.25) is 0 Å². The summed E-state index contributed by atoms with van der Waals surface area (Å²) in [6, 6.07) is 22.0. The summed E-state index contributed by atoms with van der Waals surface area (Å²) in [5, 5.41) is 16.7. The van der Waals surface area contributed by atoms with Gasteiger partial charge in [0.2, 0.25) is 5.95 Å². The number of aliphatic hydroxyl groups is 1. The molecular formula is C27H26N8O. The second kappa shape index (κ2) is 9.63. The van der Waals surface area contributed by atoms with Crippen molar-refractivity contribution >= 4 is 40.0 Å². The Labute approximate surface area is 208 Å². The lowest BCUT2D eigenvalue weighted by atomic mass is 10.1. The number of nitrogens with one attached hydrogen (secondary N) is 3. The number of benzene rings is 2. The minimum atomic E-state index is -0.304. The van der Waals surface area contributed by atoms with E-state index in [1.54, 1.807) is 6.33 Å². The summed E-state index contributed by atoms with van der Waals surface area (Å²) in [7, 11) is 0. The summed E-state index contributed by atoms with van der Waals surface area (Å²) in [4.78, 5) is 23.7. The van der Waals surface area contributed by atoms with Crippen LogP contribution in [-0.4, -0.2) is 49.2 Å². The van der Waals surface area contributed by atoms with Gasteiger partial charge in [-0.1, -0.05) is 24.3 Å². The van der Waals surface area contributed by atoms with E-state index >= 15 is 0 Å². The zero-order valence-electron chi connectivity index (χ0n) is 19.6. The van der Waals surface area contributed by atoms with Gasteiger partial charge < -0.3 is 25.6 Å². The van der Waals surface area contributed by atoms with Crippen molar-refractivity contribution in [1.82, 2.24) is 24.9 Å². The molecule has 36 heavy (non-hydrogen) atoms. The summed E-state index contributed by atoms with van der Waals surface area (Å²) in [5.74, 6) is 1.30.